The van der Waals surface area contributed by atoms with Crippen LogP contribution in [0.25, 0.3) is 0 Å². The zero-order valence-corrected chi connectivity index (χ0v) is 11.6. The zero-order chi connectivity index (χ0) is 13.7. The first-order chi connectivity index (χ1) is 8.40. The molecule has 0 bridgehead atoms. The van der Waals surface area contributed by atoms with Gasteiger partial charge in [-0.25, -0.2) is 0 Å². The molecule has 6 nitrogen and oxygen atoms in total. The Morgan fingerprint density at radius 2 is 1.83 bits per heavy atom. The molecule has 0 aromatic rings. The lowest BCUT2D eigenvalue weighted by Gasteiger charge is -2.32. The number of hydrogen-bond donors (Lipinski definition) is 1. The van der Waals surface area contributed by atoms with Crippen LogP contribution in [0.3, 0.4) is 0 Å². The average Bonchev–Trinajstić information content (AvgIpc) is 2.28. The normalized spacial score (nSPS) is 20.4. The molecule has 1 saturated heterocycles. The number of carboxylic acids is 1. The Kier molecular flexibility index (Phi) is 5.74. The van der Waals surface area contributed by atoms with E-state index in [1.54, 1.807) is 11.8 Å². The maximum atomic E-state index is 11.9. The summed E-state index contributed by atoms with van der Waals surface area (Å²) in [6.07, 6.45) is -0.164. The van der Waals surface area contributed by atoms with Crippen LogP contribution in [0.5, 0.6) is 0 Å². The molecule has 1 aliphatic rings. The highest BCUT2D eigenvalue weighted by Crippen LogP contribution is 2.05. The molecule has 0 spiro atoms. The van der Waals surface area contributed by atoms with Crippen molar-refractivity contribution in [3.05, 3.63) is 0 Å². The van der Waals surface area contributed by atoms with Gasteiger partial charge < -0.3 is 14.9 Å². The minimum Gasteiger partial charge on any atom is -0.481 e. The van der Waals surface area contributed by atoms with Crippen LogP contribution in [0.2, 0.25) is 0 Å². The number of carbonyl (C=O) groups excluding carboxylic acids is 1. The van der Waals surface area contributed by atoms with E-state index >= 15 is 0 Å². The van der Waals surface area contributed by atoms with Gasteiger partial charge in [-0.15, -0.1) is 0 Å². The number of piperazine rings is 1. The van der Waals surface area contributed by atoms with Gasteiger partial charge in [0, 0.05) is 42.2 Å². The second-order valence-electron chi connectivity index (χ2n) is 4.62. The van der Waals surface area contributed by atoms with Gasteiger partial charge in [0.1, 0.15) is 5.75 Å². The fourth-order valence-corrected chi connectivity index (χ4v) is 2.79. The highest BCUT2D eigenvalue weighted by atomic mass is 32.2. The van der Waals surface area contributed by atoms with E-state index in [2.05, 4.69) is 4.90 Å². The summed E-state index contributed by atoms with van der Waals surface area (Å²) in [5.41, 5.74) is 0. The van der Waals surface area contributed by atoms with E-state index in [9.17, 15) is 13.8 Å². The number of hydrogen-bond acceptors (Lipinski definition) is 4. The molecule has 0 radical (unpaired) electrons. The van der Waals surface area contributed by atoms with Crippen LogP contribution in [0.4, 0.5) is 0 Å². The predicted octanol–water partition coefficient (Wildman–Crippen LogP) is -0.628. The number of nitrogens with zero attached hydrogens (tertiary/aromatic N) is 2. The Morgan fingerprint density at radius 3 is 2.33 bits per heavy atom. The molecule has 0 aliphatic carbocycles. The molecule has 1 heterocycles. The molecular formula is C11H20N2O4S. The quantitative estimate of drug-likeness (QED) is 0.723. The van der Waals surface area contributed by atoms with Gasteiger partial charge in [0.2, 0.25) is 5.91 Å². The summed E-state index contributed by atoms with van der Waals surface area (Å²) in [4.78, 5) is 26.2. The van der Waals surface area contributed by atoms with Crippen molar-refractivity contribution in [1.82, 2.24) is 9.80 Å². The molecule has 2 unspecified atom stereocenters. The third-order valence-corrected chi connectivity index (χ3v) is 4.63. The molecule has 2 atom stereocenters. The Morgan fingerprint density at radius 1 is 1.28 bits per heavy atom. The molecule has 1 rings (SSSR count). The van der Waals surface area contributed by atoms with Crippen molar-refractivity contribution < 1.29 is 18.9 Å². The van der Waals surface area contributed by atoms with Crippen LogP contribution in [0, 0.1) is 0 Å². The number of likely N-dealkylation sites (N-methyl/N-ethyl adjacent to an activating group) is 1. The number of carboxylic acid groups (broad SMARTS) is 1. The lowest BCUT2D eigenvalue weighted by molar-refractivity contribution is -0.137. The van der Waals surface area contributed by atoms with Crippen molar-refractivity contribution in [1.29, 1.82) is 0 Å². The fraction of sp³-hybridized carbons (Fsp3) is 0.818. The van der Waals surface area contributed by atoms with Crippen LogP contribution in [0.1, 0.15) is 13.3 Å². The standard InChI is InChI=1S/C11H20N2O4S/c1-9(7-11(15)16)18(17)8-10(14)13-5-3-12(2)4-6-13/h9H,3-8H2,1-2H3,(H,15,16). The van der Waals surface area contributed by atoms with Crippen LogP contribution in [-0.2, 0) is 20.4 Å². The summed E-state index contributed by atoms with van der Waals surface area (Å²) < 4.78 is 11.8. The number of carbonyl (C=O) groups is 2. The average molecular weight is 276 g/mol. The molecule has 1 fully saturated rings. The van der Waals surface area contributed by atoms with E-state index in [0.29, 0.717) is 13.1 Å². The van der Waals surface area contributed by atoms with Crippen LogP contribution >= 0.6 is 0 Å². The van der Waals surface area contributed by atoms with Gasteiger partial charge in [-0.1, -0.05) is 6.92 Å². The smallest absolute Gasteiger partial charge is 0.304 e. The first-order valence-corrected chi connectivity index (χ1v) is 7.33. The topological polar surface area (TPSA) is 77.9 Å². The van der Waals surface area contributed by atoms with E-state index in [1.165, 1.54) is 0 Å². The zero-order valence-electron chi connectivity index (χ0n) is 10.8. The largest absolute Gasteiger partial charge is 0.481 e. The minimum absolute atomic E-state index is 0.0713. The van der Waals surface area contributed by atoms with E-state index < -0.39 is 22.0 Å². The highest BCUT2D eigenvalue weighted by molar-refractivity contribution is 7.86. The predicted molar refractivity (Wildman–Crippen MR) is 68.8 cm³/mol. The number of aliphatic carboxylic acids is 1. The summed E-state index contributed by atoms with van der Waals surface area (Å²) in [6.45, 7) is 4.55. The van der Waals surface area contributed by atoms with Gasteiger partial charge in [0.15, 0.2) is 0 Å². The summed E-state index contributed by atoms with van der Waals surface area (Å²) >= 11 is 0. The Labute approximate surface area is 109 Å². The third kappa shape index (κ3) is 4.73. The van der Waals surface area contributed by atoms with Crippen molar-refractivity contribution in [2.24, 2.45) is 0 Å². The molecule has 0 saturated carbocycles. The highest BCUT2D eigenvalue weighted by Gasteiger charge is 2.23. The SMILES string of the molecule is CC(CC(=O)O)S(=O)CC(=O)N1CCN(C)CC1. The number of rotatable bonds is 5. The van der Waals surface area contributed by atoms with Crippen LogP contribution in [-0.4, -0.2) is 75.2 Å². The lowest BCUT2D eigenvalue weighted by atomic mass is 10.3. The maximum Gasteiger partial charge on any atom is 0.304 e. The molecule has 104 valence electrons. The van der Waals surface area contributed by atoms with Gasteiger partial charge in [0.25, 0.3) is 0 Å². The van der Waals surface area contributed by atoms with Crippen LogP contribution < -0.4 is 0 Å². The molecule has 7 heteroatoms. The van der Waals surface area contributed by atoms with Crippen molar-refractivity contribution in [2.75, 3.05) is 39.0 Å². The van der Waals surface area contributed by atoms with Crippen molar-refractivity contribution in [3.8, 4) is 0 Å². The second kappa shape index (κ2) is 6.84. The first-order valence-electron chi connectivity index (χ1n) is 5.95. The molecule has 18 heavy (non-hydrogen) atoms. The molecule has 1 N–H and O–H groups in total. The van der Waals surface area contributed by atoms with Crippen molar-refractivity contribution >= 4 is 22.7 Å². The van der Waals surface area contributed by atoms with E-state index in [0.717, 1.165) is 13.1 Å². The lowest BCUT2D eigenvalue weighted by Crippen LogP contribution is -2.48. The molecule has 0 aromatic heterocycles. The first kappa shape index (κ1) is 15.1. The molecule has 1 amide bonds. The summed E-state index contributed by atoms with van der Waals surface area (Å²) in [6, 6.07) is 0. The summed E-state index contributed by atoms with van der Waals surface area (Å²) in [5.74, 6) is -1.19. The van der Waals surface area contributed by atoms with Gasteiger partial charge in [-0.3, -0.25) is 13.8 Å². The van der Waals surface area contributed by atoms with Gasteiger partial charge in [-0.2, -0.15) is 0 Å². The van der Waals surface area contributed by atoms with Gasteiger partial charge in [0.05, 0.1) is 6.42 Å². The summed E-state index contributed by atoms with van der Waals surface area (Å²) in [5, 5.41) is 8.12. The van der Waals surface area contributed by atoms with Gasteiger partial charge in [-0.05, 0) is 7.05 Å². The van der Waals surface area contributed by atoms with Crippen molar-refractivity contribution in [3.63, 3.8) is 0 Å². The number of amides is 1. The monoisotopic (exact) mass is 276 g/mol. The van der Waals surface area contributed by atoms with E-state index in [1.807, 2.05) is 7.05 Å². The maximum absolute atomic E-state index is 11.9. The summed E-state index contributed by atoms with van der Waals surface area (Å²) in [7, 11) is 0.583. The van der Waals surface area contributed by atoms with E-state index in [-0.39, 0.29) is 18.1 Å². The third-order valence-electron chi connectivity index (χ3n) is 3.03. The minimum atomic E-state index is -1.41. The Hall–Kier alpha value is -0.950. The Bertz CT molecular complexity index is 340. The Balaban J connectivity index is 2.39. The molecular weight excluding hydrogens is 256 g/mol. The second-order valence-corrected chi connectivity index (χ2v) is 6.47. The van der Waals surface area contributed by atoms with Gasteiger partial charge >= 0.3 is 5.97 Å². The molecule has 0 aromatic carbocycles. The van der Waals surface area contributed by atoms with Crippen molar-refractivity contribution in [2.45, 2.75) is 18.6 Å². The molecule has 1 aliphatic heterocycles. The van der Waals surface area contributed by atoms with E-state index in [4.69, 9.17) is 5.11 Å². The fourth-order valence-electron chi connectivity index (χ4n) is 1.75. The van der Waals surface area contributed by atoms with Crippen LogP contribution in [0.15, 0.2) is 0 Å².